The first-order valence-electron chi connectivity index (χ1n) is 6.99. The molecule has 12 heteroatoms. The molecule has 9 N–H and O–H groups in total. The van der Waals surface area contributed by atoms with E-state index in [1.54, 1.807) is 0 Å². The maximum Gasteiger partial charge on any atom is 0.340 e. The third kappa shape index (κ3) is 4.58. The molecule has 1 fully saturated rings. The Morgan fingerprint density at radius 1 is 0.958 bits per heavy atom. The molecule has 0 radical (unpaired) electrons. The van der Waals surface area contributed by atoms with Crippen LogP contribution in [0.1, 0.15) is 0 Å². The van der Waals surface area contributed by atoms with Crippen molar-refractivity contribution in [3.63, 3.8) is 0 Å². The van der Waals surface area contributed by atoms with Crippen LogP contribution >= 0.6 is 0 Å². The van der Waals surface area contributed by atoms with Crippen molar-refractivity contribution in [1.82, 2.24) is 0 Å². The maximum atomic E-state index is 11.7. The molecule has 0 saturated carbocycles. The van der Waals surface area contributed by atoms with Gasteiger partial charge in [-0.3, -0.25) is 0 Å². The molecule has 0 spiro atoms. The molecule has 12 nitrogen and oxygen atoms in total. The molecule has 0 unspecified atom stereocenters. The number of carbonyl (C=O) groups is 1. The molecule has 0 bridgehead atoms. The van der Waals surface area contributed by atoms with Crippen molar-refractivity contribution in [3.05, 3.63) is 0 Å². The number of ether oxygens (including phenoxy) is 2. The molecule has 0 aliphatic carbocycles. The molecule has 1 saturated heterocycles. The van der Waals surface area contributed by atoms with Crippen LogP contribution in [0.15, 0.2) is 0 Å². The van der Waals surface area contributed by atoms with Crippen LogP contribution in [0.25, 0.3) is 0 Å². The van der Waals surface area contributed by atoms with Crippen LogP contribution in [-0.2, 0) is 14.3 Å². The lowest BCUT2D eigenvalue weighted by Gasteiger charge is -2.39. The van der Waals surface area contributed by atoms with E-state index in [2.05, 4.69) is 4.74 Å². The van der Waals surface area contributed by atoms with E-state index < -0.39 is 74.3 Å². The zero-order valence-corrected chi connectivity index (χ0v) is 12.4. The van der Waals surface area contributed by atoms with E-state index in [9.17, 15) is 35.4 Å². The quantitative estimate of drug-likeness (QED) is 0.194. The van der Waals surface area contributed by atoms with Gasteiger partial charge in [-0.05, 0) is 0 Å². The normalized spacial score (nSPS) is 35.8. The smallest absolute Gasteiger partial charge is 0.340 e. The summed E-state index contributed by atoms with van der Waals surface area (Å²) in [5.41, 5.74) is 0. The Kier molecular flexibility index (Phi) is 7.88. The van der Waals surface area contributed by atoms with Gasteiger partial charge < -0.3 is 55.4 Å². The molecule has 1 rings (SSSR count). The summed E-state index contributed by atoms with van der Waals surface area (Å²) < 4.78 is 9.40. The Morgan fingerprint density at radius 2 is 1.54 bits per heavy atom. The van der Waals surface area contributed by atoms with Crippen molar-refractivity contribution < 1.29 is 60.2 Å². The summed E-state index contributed by atoms with van der Waals surface area (Å²) in [7, 11) is 0. The topological polar surface area (TPSA) is 218 Å². The summed E-state index contributed by atoms with van der Waals surface area (Å²) in [5, 5.41) is 84.0. The number of aliphatic hydroxyl groups excluding tert-OH is 9. The summed E-state index contributed by atoms with van der Waals surface area (Å²) in [6.07, 6.45) is -17.2. The maximum absolute atomic E-state index is 11.7. The number of esters is 1. The highest BCUT2D eigenvalue weighted by molar-refractivity contribution is 5.75. The molecule has 0 amide bonds. The number of hydrogen-bond acceptors (Lipinski definition) is 12. The number of rotatable bonds is 7. The Morgan fingerprint density at radius 3 is 2.04 bits per heavy atom. The molecule has 0 aromatic rings. The van der Waals surface area contributed by atoms with E-state index in [0.717, 1.165) is 0 Å². The van der Waals surface area contributed by atoms with Gasteiger partial charge in [0.15, 0.2) is 6.10 Å². The highest BCUT2D eigenvalue weighted by atomic mass is 16.7. The molecule has 0 aromatic carbocycles. The zero-order chi connectivity index (χ0) is 18.6. The predicted octanol–water partition coefficient (Wildman–Crippen LogP) is -6.23. The van der Waals surface area contributed by atoms with Crippen molar-refractivity contribution in [2.24, 2.45) is 0 Å². The fraction of sp³-hybridized carbons (Fsp3) is 0.917. The number of aliphatic hydroxyl groups is 9. The van der Waals surface area contributed by atoms with Gasteiger partial charge >= 0.3 is 5.97 Å². The molecule has 1 aliphatic rings. The molecule has 1 aliphatic heterocycles. The molecule has 24 heavy (non-hydrogen) atoms. The van der Waals surface area contributed by atoms with Crippen molar-refractivity contribution in [3.8, 4) is 0 Å². The standard InChI is InChI=1S/C12H22O12/c13-1-3(15)5(16)7(18)9(20)11(22)24-12-10(21)8(19)6(17)4(2-14)23-12/h3-10,12-21H,1-2H2/t3-,4-,5-,6+,7+,8+,9-,10-,12+/m1/s1. The summed E-state index contributed by atoms with van der Waals surface area (Å²) >= 11 is 0. The number of hydrogen-bond donors (Lipinski definition) is 9. The van der Waals surface area contributed by atoms with Crippen LogP contribution in [0.2, 0.25) is 0 Å². The minimum absolute atomic E-state index is 0.772. The minimum Gasteiger partial charge on any atom is -0.431 e. The second-order valence-corrected chi connectivity index (χ2v) is 5.31. The van der Waals surface area contributed by atoms with E-state index in [1.165, 1.54) is 0 Å². The summed E-state index contributed by atoms with van der Waals surface area (Å²) in [4.78, 5) is 11.7. The van der Waals surface area contributed by atoms with E-state index in [0.29, 0.717) is 0 Å². The first kappa shape index (κ1) is 21.1. The van der Waals surface area contributed by atoms with Crippen LogP contribution in [0.5, 0.6) is 0 Å². The highest BCUT2D eigenvalue weighted by Gasteiger charge is 2.46. The van der Waals surface area contributed by atoms with E-state index >= 15 is 0 Å². The van der Waals surface area contributed by atoms with Gasteiger partial charge in [0.1, 0.15) is 42.7 Å². The van der Waals surface area contributed by atoms with Gasteiger partial charge in [-0.25, -0.2) is 4.79 Å². The Labute approximate surface area is 135 Å². The summed E-state index contributed by atoms with van der Waals surface area (Å²) in [6.45, 7) is -1.72. The van der Waals surface area contributed by atoms with Crippen LogP contribution in [-0.4, -0.2) is 120 Å². The van der Waals surface area contributed by atoms with Gasteiger partial charge in [-0.1, -0.05) is 0 Å². The van der Waals surface area contributed by atoms with Crippen LogP contribution in [0.3, 0.4) is 0 Å². The van der Waals surface area contributed by atoms with Gasteiger partial charge in [0.25, 0.3) is 0 Å². The van der Waals surface area contributed by atoms with Crippen molar-refractivity contribution in [1.29, 1.82) is 0 Å². The lowest BCUT2D eigenvalue weighted by atomic mass is 9.99. The van der Waals surface area contributed by atoms with Gasteiger partial charge in [0.05, 0.1) is 13.2 Å². The van der Waals surface area contributed by atoms with Gasteiger partial charge in [-0.15, -0.1) is 0 Å². The average Bonchev–Trinajstić information content (AvgIpc) is 2.59. The van der Waals surface area contributed by atoms with Crippen molar-refractivity contribution >= 4 is 5.97 Å². The van der Waals surface area contributed by atoms with Crippen LogP contribution in [0.4, 0.5) is 0 Å². The average molecular weight is 358 g/mol. The third-order valence-electron chi connectivity index (χ3n) is 3.58. The minimum atomic E-state index is -2.38. The molecule has 1 heterocycles. The fourth-order valence-electron chi connectivity index (χ4n) is 2.01. The lowest BCUT2D eigenvalue weighted by molar-refractivity contribution is -0.295. The number of carbonyl (C=O) groups excluding carboxylic acids is 1. The third-order valence-corrected chi connectivity index (χ3v) is 3.58. The van der Waals surface area contributed by atoms with Gasteiger partial charge in [0, 0.05) is 0 Å². The van der Waals surface area contributed by atoms with E-state index in [-0.39, 0.29) is 0 Å². The molecule has 0 aromatic heterocycles. The zero-order valence-electron chi connectivity index (χ0n) is 12.4. The SMILES string of the molecule is O=C(O[C@@H]1O[C@H](CO)[C@H](O)[C@H](O)[C@H]1O)[C@H](O)[C@@H](O)[C@H](O)[C@H](O)CO. The van der Waals surface area contributed by atoms with Gasteiger partial charge in [-0.2, -0.15) is 0 Å². The van der Waals surface area contributed by atoms with E-state index in [1.807, 2.05) is 0 Å². The van der Waals surface area contributed by atoms with Crippen LogP contribution < -0.4 is 0 Å². The van der Waals surface area contributed by atoms with E-state index in [4.69, 9.17) is 20.1 Å². The largest absolute Gasteiger partial charge is 0.431 e. The molecule has 9 atom stereocenters. The molecule has 142 valence electrons. The summed E-state index contributed by atoms with van der Waals surface area (Å²) in [6, 6.07) is 0. The Hall–Kier alpha value is -0.930. The molecular weight excluding hydrogens is 336 g/mol. The first-order chi connectivity index (χ1) is 11.1. The van der Waals surface area contributed by atoms with Crippen LogP contribution in [0, 0.1) is 0 Å². The van der Waals surface area contributed by atoms with Crippen molar-refractivity contribution in [2.75, 3.05) is 13.2 Å². The highest BCUT2D eigenvalue weighted by Crippen LogP contribution is 2.22. The first-order valence-corrected chi connectivity index (χ1v) is 6.99. The monoisotopic (exact) mass is 358 g/mol. The Bertz CT molecular complexity index is 403. The Balaban J connectivity index is 2.71. The molecular formula is C12H22O12. The second-order valence-electron chi connectivity index (χ2n) is 5.31. The van der Waals surface area contributed by atoms with Gasteiger partial charge in [0.2, 0.25) is 6.29 Å². The lowest BCUT2D eigenvalue weighted by Crippen LogP contribution is -2.60. The second kappa shape index (κ2) is 8.96. The summed E-state index contributed by atoms with van der Waals surface area (Å²) in [5.74, 6) is -1.59. The fourth-order valence-corrected chi connectivity index (χ4v) is 2.01. The van der Waals surface area contributed by atoms with Crippen molar-refractivity contribution in [2.45, 2.75) is 55.1 Å². The predicted molar refractivity (Wildman–Crippen MR) is 71.0 cm³/mol.